The predicted octanol–water partition coefficient (Wildman–Crippen LogP) is 4.77. The van der Waals surface area contributed by atoms with Crippen LogP contribution in [0.3, 0.4) is 0 Å². The Labute approximate surface area is 130 Å². The lowest BCUT2D eigenvalue weighted by atomic mass is 10.2. The summed E-state index contributed by atoms with van der Waals surface area (Å²) in [5.74, 6) is 0.798. The van der Waals surface area contributed by atoms with Gasteiger partial charge in [0.15, 0.2) is 4.77 Å². The minimum atomic E-state index is 0.666. The molecule has 3 aromatic rings. The van der Waals surface area contributed by atoms with Gasteiger partial charge in [-0.3, -0.25) is 4.57 Å². The number of halogens is 1. The van der Waals surface area contributed by atoms with Gasteiger partial charge in [-0.15, -0.1) is 0 Å². The number of methoxy groups -OCH3 is 1. The van der Waals surface area contributed by atoms with E-state index in [-0.39, 0.29) is 0 Å². The van der Waals surface area contributed by atoms with E-state index in [1.54, 1.807) is 7.11 Å². The highest BCUT2D eigenvalue weighted by Gasteiger charge is 2.10. The van der Waals surface area contributed by atoms with E-state index >= 15 is 0 Å². The highest BCUT2D eigenvalue weighted by atomic mass is 79.9. The molecule has 0 atom stereocenters. The van der Waals surface area contributed by atoms with Crippen LogP contribution in [0.1, 0.15) is 5.56 Å². The summed E-state index contributed by atoms with van der Waals surface area (Å²) in [5.41, 5.74) is 4.24. The number of aromatic amines is 1. The number of rotatable bonds is 2. The lowest BCUT2D eigenvalue weighted by Crippen LogP contribution is -1.96. The minimum Gasteiger partial charge on any atom is -0.497 e. The van der Waals surface area contributed by atoms with Crippen LogP contribution in [-0.2, 0) is 0 Å². The third-order valence-electron chi connectivity index (χ3n) is 3.23. The van der Waals surface area contributed by atoms with Crippen molar-refractivity contribution in [3.05, 3.63) is 51.2 Å². The van der Waals surface area contributed by atoms with Crippen LogP contribution in [0.5, 0.6) is 5.75 Å². The summed E-state index contributed by atoms with van der Waals surface area (Å²) in [7, 11) is 1.66. The molecule has 1 aromatic heterocycles. The van der Waals surface area contributed by atoms with Crippen molar-refractivity contribution in [3.63, 3.8) is 0 Å². The number of benzene rings is 2. The van der Waals surface area contributed by atoms with Crippen molar-refractivity contribution in [1.82, 2.24) is 9.55 Å². The number of aromatic nitrogens is 2. The molecule has 5 heteroatoms. The van der Waals surface area contributed by atoms with Crippen LogP contribution in [0.15, 0.2) is 40.9 Å². The topological polar surface area (TPSA) is 29.9 Å². The monoisotopic (exact) mass is 348 g/mol. The van der Waals surface area contributed by atoms with Crippen LogP contribution in [0, 0.1) is 11.7 Å². The first-order valence-corrected chi connectivity index (χ1v) is 7.35. The summed E-state index contributed by atoms with van der Waals surface area (Å²) >= 11 is 9.05. The van der Waals surface area contributed by atoms with E-state index in [2.05, 4.69) is 40.0 Å². The van der Waals surface area contributed by atoms with Gasteiger partial charge in [0.2, 0.25) is 0 Å². The largest absolute Gasteiger partial charge is 0.497 e. The molecule has 0 aliphatic carbocycles. The Morgan fingerprint density at radius 2 is 2.00 bits per heavy atom. The Morgan fingerprint density at radius 1 is 1.20 bits per heavy atom. The number of ether oxygens (including phenoxy) is 1. The number of hydrogen-bond donors (Lipinski definition) is 1. The zero-order valence-corrected chi connectivity index (χ0v) is 13.5. The number of nitrogens with zero attached hydrogens (tertiary/aromatic N) is 1. The van der Waals surface area contributed by atoms with Crippen molar-refractivity contribution in [2.45, 2.75) is 6.92 Å². The van der Waals surface area contributed by atoms with Crippen molar-refractivity contribution in [1.29, 1.82) is 0 Å². The number of fused-ring (bicyclic) bond motifs is 1. The lowest BCUT2D eigenvalue weighted by Gasteiger charge is -2.09. The van der Waals surface area contributed by atoms with Crippen LogP contribution < -0.4 is 4.74 Å². The molecule has 0 amide bonds. The fourth-order valence-corrected chi connectivity index (χ4v) is 2.97. The van der Waals surface area contributed by atoms with E-state index in [9.17, 15) is 0 Å². The van der Waals surface area contributed by atoms with E-state index in [4.69, 9.17) is 17.0 Å². The molecule has 1 N–H and O–H groups in total. The van der Waals surface area contributed by atoms with Crippen molar-refractivity contribution in [2.75, 3.05) is 7.11 Å². The average molecular weight is 349 g/mol. The molecule has 20 heavy (non-hydrogen) atoms. The molecule has 0 fully saturated rings. The van der Waals surface area contributed by atoms with Gasteiger partial charge in [-0.05, 0) is 64.9 Å². The van der Waals surface area contributed by atoms with Crippen LogP contribution in [0.4, 0.5) is 0 Å². The molecule has 0 saturated heterocycles. The fourth-order valence-electron chi connectivity index (χ4n) is 2.24. The Balaban J connectivity index is 2.37. The van der Waals surface area contributed by atoms with Gasteiger partial charge >= 0.3 is 0 Å². The highest BCUT2D eigenvalue weighted by Crippen LogP contribution is 2.29. The van der Waals surface area contributed by atoms with Crippen molar-refractivity contribution in [3.8, 4) is 11.4 Å². The summed E-state index contributed by atoms with van der Waals surface area (Å²) in [4.78, 5) is 3.23. The quantitative estimate of drug-likeness (QED) is 0.676. The van der Waals surface area contributed by atoms with Gasteiger partial charge in [0.25, 0.3) is 0 Å². The standard InChI is InChI=1S/C15H13BrN2OS/c1-9-3-6-12-14(7-9)18(15(20)17-12)13-8-10(19-2)4-5-11(13)16/h3-8H,1-2H3,(H,17,20). The first-order chi connectivity index (χ1) is 9.60. The van der Waals surface area contributed by atoms with E-state index in [0.717, 1.165) is 26.9 Å². The summed E-state index contributed by atoms with van der Waals surface area (Å²) < 4.78 is 8.96. The molecule has 0 bridgehead atoms. The first kappa shape index (κ1) is 13.4. The number of nitrogens with one attached hydrogen (secondary N) is 1. The molecule has 1 heterocycles. The number of hydrogen-bond acceptors (Lipinski definition) is 2. The molecule has 0 aliphatic rings. The smallest absolute Gasteiger partial charge is 0.182 e. The molecule has 0 radical (unpaired) electrons. The van der Waals surface area contributed by atoms with Gasteiger partial charge in [-0.25, -0.2) is 0 Å². The van der Waals surface area contributed by atoms with E-state index in [1.165, 1.54) is 5.56 Å². The number of H-pyrrole nitrogens is 1. The molecule has 3 rings (SSSR count). The molecule has 102 valence electrons. The van der Waals surface area contributed by atoms with Crippen molar-refractivity contribution in [2.24, 2.45) is 0 Å². The Morgan fingerprint density at radius 3 is 2.75 bits per heavy atom. The van der Waals surface area contributed by atoms with Gasteiger partial charge in [-0.1, -0.05) is 6.07 Å². The Hall–Kier alpha value is -1.59. The van der Waals surface area contributed by atoms with Crippen LogP contribution >= 0.6 is 28.1 Å². The summed E-state index contributed by atoms with van der Waals surface area (Å²) in [6.45, 7) is 2.07. The maximum Gasteiger partial charge on any atom is 0.182 e. The zero-order chi connectivity index (χ0) is 14.3. The van der Waals surface area contributed by atoms with Crippen molar-refractivity contribution < 1.29 is 4.74 Å². The Bertz CT molecular complexity index is 851. The molecule has 3 nitrogen and oxygen atoms in total. The third-order valence-corrected chi connectivity index (χ3v) is 4.19. The molecule has 0 unspecified atom stereocenters. The zero-order valence-electron chi connectivity index (χ0n) is 11.1. The van der Waals surface area contributed by atoms with Gasteiger partial charge in [0.1, 0.15) is 5.75 Å². The predicted molar refractivity (Wildman–Crippen MR) is 87.4 cm³/mol. The van der Waals surface area contributed by atoms with Gasteiger partial charge in [0.05, 0.1) is 23.8 Å². The molecule has 0 spiro atoms. The maximum atomic E-state index is 5.46. The molecule has 0 aliphatic heterocycles. The fraction of sp³-hybridized carbons (Fsp3) is 0.133. The summed E-state index contributed by atoms with van der Waals surface area (Å²) in [6, 6.07) is 12.1. The SMILES string of the molecule is COc1ccc(Br)c(-n2c(=S)[nH]c3ccc(C)cc32)c1. The third kappa shape index (κ3) is 2.17. The van der Waals surface area contributed by atoms with Crippen LogP contribution in [0.2, 0.25) is 0 Å². The van der Waals surface area contributed by atoms with Gasteiger partial charge in [0, 0.05) is 10.5 Å². The van der Waals surface area contributed by atoms with Gasteiger partial charge < -0.3 is 9.72 Å². The highest BCUT2D eigenvalue weighted by molar-refractivity contribution is 9.10. The first-order valence-electron chi connectivity index (χ1n) is 6.15. The van der Waals surface area contributed by atoms with Gasteiger partial charge in [-0.2, -0.15) is 0 Å². The van der Waals surface area contributed by atoms with Crippen molar-refractivity contribution >= 4 is 39.2 Å². The summed E-state index contributed by atoms with van der Waals surface area (Å²) in [5, 5.41) is 0. The second kappa shape index (κ2) is 5.07. The minimum absolute atomic E-state index is 0.666. The average Bonchev–Trinajstić information content (AvgIpc) is 2.75. The summed E-state index contributed by atoms with van der Waals surface area (Å²) in [6.07, 6.45) is 0. The molecular weight excluding hydrogens is 336 g/mol. The number of imidazole rings is 1. The van der Waals surface area contributed by atoms with E-state index < -0.39 is 0 Å². The normalized spacial score (nSPS) is 10.9. The Kier molecular flexibility index (Phi) is 3.40. The van der Waals surface area contributed by atoms with E-state index in [1.807, 2.05) is 28.8 Å². The number of aryl methyl sites for hydroxylation is 1. The maximum absolute atomic E-state index is 5.46. The van der Waals surface area contributed by atoms with Crippen LogP contribution in [0.25, 0.3) is 16.7 Å². The second-order valence-electron chi connectivity index (χ2n) is 4.60. The van der Waals surface area contributed by atoms with Crippen LogP contribution in [-0.4, -0.2) is 16.7 Å². The molecule has 0 saturated carbocycles. The molecular formula is C15H13BrN2OS. The molecule has 2 aromatic carbocycles. The second-order valence-corrected chi connectivity index (χ2v) is 5.84. The van der Waals surface area contributed by atoms with E-state index in [0.29, 0.717) is 4.77 Å². The lowest BCUT2D eigenvalue weighted by molar-refractivity contribution is 0.414.